The van der Waals surface area contributed by atoms with Gasteiger partial charge in [0, 0.05) is 65.4 Å². The quantitative estimate of drug-likeness (QED) is 0.289. The van der Waals surface area contributed by atoms with E-state index < -0.39 is 36.7 Å². The molecule has 4 atom stereocenters. The SMILES string of the molecule is C.CC.CC.O=C(OCCOCCOC(=O)OC1CCCCC1O)OC1CCCCC1O.[Y].[Y]. The van der Waals surface area contributed by atoms with Gasteiger partial charge in [0.05, 0.1) is 25.4 Å². The van der Waals surface area contributed by atoms with Gasteiger partial charge < -0.3 is 33.9 Å². The second kappa shape index (κ2) is 28.2. The third-order valence-corrected chi connectivity index (χ3v) is 4.73. The first-order valence-electron chi connectivity index (χ1n) is 11.7. The summed E-state index contributed by atoms with van der Waals surface area (Å²) in [5.41, 5.74) is 0. The Labute approximate surface area is 256 Å². The van der Waals surface area contributed by atoms with E-state index in [1.807, 2.05) is 27.7 Å². The predicted octanol–water partition coefficient (Wildman–Crippen LogP) is 4.60. The van der Waals surface area contributed by atoms with Crippen LogP contribution < -0.4 is 0 Å². The van der Waals surface area contributed by atoms with Crippen molar-refractivity contribution in [2.24, 2.45) is 0 Å². The monoisotopic (exact) mass is 644 g/mol. The minimum atomic E-state index is -0.824. The molecule has 0 aromatic rings. The molecule has 2 saturated carbocycles. The number of aliphatic hydroxyl groups is 2. The Morgan fingerprint density at radius 3 is 1.29 bits per heavy atom. The summed E-state index contributed by atoms with van der Waals surface area (Å²) in [4.78, 5) is 23.1. The van der Waals surface area contributed by atoms with Gasteiger partial charge in [0.1, 0.15) is 25.4 Å². The summed E-state index contributed by atoms with van der Waals surface area (Å²) in [5, 5.41) is 19.5. The molecule has 2 N–H and O–H groups in total. The Morgan fingerprint density at radius 1 is 0.647 bits per heavy atom. The fraction of sp³-hybridized carbons (Fsp3) is 0.913. The van der Waals surface area contributed by atoms with Gasteiger partial charge in [0.15, 0.2) is 0 Å². The zero-order valence-corrected chi connectivity index (χ0v) is 26.4. The van der Waals surface area contributed by atoms with Crippen LogP contribution in [0.4, 0.5) is 9.59 Å². The molecular formula is C23H46O9Y2. The summed E-state index contributed by atoms with van der Waals surface area (Å²) in [6.07, 6.45) is 2.31. The van der Waals surface area contributed by atoms with Crippen molar-refractivity contribution in [3.05, 3.63) is 0 Å². The van der Waals surface area contributed by atoms with Crippen molar-refractivity contribution < 1.29 is 109 Å². The first-order valence-corrected chi connectivity index (χ1v) is 11.7. The van der Waals surface area contributed by atoms with E-state index in [4.69, 9.17) is 23.7 Å². The van der Waals surface area contributed by atoms with Crippen molar-refractivity contribution in [2.45, 2.75) is 111 Å². The van der Waals surface area contributed by atoms with Crippen LogP contribution in [0.1, 0.15) is 86.5 Å². The Hall–Kier alpha value is 0.628. The van der Waals surface area contributed by atoms with Crippen LogP contribution in [0.5, 0.6) is 0 Å². The van der Waals surface area contributed by atoms with Crippen LogP contribution in [0.25, 0.3) is 0 Å². The van der Waals surface area contributed by atoms with Crippen molar-refractivity contribution in [1.29, 1.82) is 0 Å². The second-order valence-corrected chi connectivity index (χ2v) is 6.83. The number of ether oxygens (including phenoxy) is 5. The van der Waals surface area contributed by atoms with E-state index in [-0.39, 0.29) is 99.3 Å². The number of aliphatic hydroxyl groups excluding tert-OH is 2. The van der Waals surface area contributed by atoms with E-state index in [1.165, 1.54) is 0 Å². The zero-order chi connectivity index (χ0) is 23.5. The maximum atomic E-state index is 11.5. The number of carbonyl (C=O) groups excluding carboxylic acids is 2. The van der Waals surface area contributed by atoms with E-state index in [9.17, 15) is 19.8 Å². The predicted molar refractivity (Wildman–Crippen MR) is 122 cm³/mol. The number of hydrogen-bond donors (Lipinski definition) is 2. The van der Waals surface area contributed by atoms with Crippen molar-refractivity contribution in [1.82, 2.24) is 0 Å². The number of hydrogen-bond acceptors (Lipinski definition) is 9. The molecule has 2 radical (unpaired) electrons. The molecule has 0 amide bonds. The first-order chi connectivity index (χ1) is 15.1. The fourth-order valence-corrected chi connectivity index (χ4v) is 3.21. The molecule has 0 spiro atoms. The molecule has 11 heteroatoms. The van der Waals surface area contributed by atoms with E-state index in [2.05, 4.69) is 0 Å². The topological polar surface area (TPSA) is 121 Å². The van der Waals surface area contributed by atoms with E-state index in [0.29, 0.717) is 25.7 Å². The van der Waals surface area contributed by atoms with Gasteiger partial charge in [-0.3, -0.25) is 0 Å². The molecule has 34 heavy (non-hydrogen) atoms. The van der Waals surface area contributed by atoms with Crippen molar-refractivity contribution >= 4 is 12.3 Å². The average molecular weight is 644 g/mol. The maximum absolute atomic E-state index is 11.5. The van der Waals surface area contributed by atoms with Crippen molar-refractivity contribution in [2.75, 3.05) is 26.4 Å². The van der Waals surface area contributed by atoms with Gasteiger partial charge in [-0.1, -0.05) is 48.0 Å². The molecule has 0 aromatic carbocycles. The summed E-state index contributed by atoms with van der Waals surface area (Å²) >= 11 is 0. The molecule has 2 fully saturated rings. The third kappa shape index (κ3) is 19.8. The Balaban J connectivity index is -0.000000609. The molecule has 0 bridgehead atoms. The van der Waals surface area contributed by atoms with Crippen LogP contribution in [-0.4, -0.2) is 73.4 Å². The zero-order valence-electron chi connectivity index (χ0n) is 20.7. The molecule has 0 heterocycles. The third-order valence-electron chi connectivity index (χ3n) is 4.73. The summed E-state index contributed by atoms with van der Waals surface area (Å²) in [6, 6.07) is 0. The Morgan fingerprint density at radius 2 is 0.971 bits per heavy atom. The summed E-state index contributed by atoms with van der Waals surface area (Å²) in [5.74, 6) is 0. The van der Waals surface area contributed by atoms with Crippen LogP contribution in [-0.2, 0) is 89.1 Å². The first kappa shape index (κ1) is 41.7. The van der Waals surface area contributed by atoms with Crippen LogP contribution in [0.15, 0.2) is 0 Å². The molecule has 2 rings (SSSR count). The Kier molecular flexibility index (Phi) is 34.6. The molecule has 4 unspecified atom stereocenters. The molecule has 0 saturated heterocycles. The summed E-state index contributed by atoms with van der Waals surface area (Å²) in [6.45, 7) is 8.25. The maximum Gasteiger partial charge on any atom is 0.508 e. The minimum absolute atomic E-state index is 0. The standard InChI is InChI=1S/C18H30O9.2C2H6.CH4.2Y/c19-13-5-1-3-7-15(13)26-17(21)24-11-9-23-10-12-25-18(22)27-16-8-4-2-6-14(16)20;2*1-2;;;/h13-16,19-20H,1-12H2;2*1-2H3;1H4;;. The molecule has 2 aliphatic carbocycles. The van der Waals surface area contributed by atoms with Crippen LogP contribution in [0, 0.1) is 0 Å². The number of rotatable bonds is 8. The van der Waals surface area contributed by atoms with Crippen molar-refractivity contribution in [3.63, 3.8) is 0 Å². The van der Waals surface area contributed by atoms with Crippen LogP contribution in [0.2, 0.25) is 0 Å². The normalized spacial score (nSPS) is 22.8. The van der Waals surface area contributed by atoms with Crippen LogP contribution in [0.3, 0.4) is 0 Å². The summed E-state index contributed by atoms with van der Waals surface area (Å²) < 4.78 is 25.1. The smallest absolute Gasteiger partial charge is 0.432 e. The van der Waals surface area contributed by atoms with Crippen molar-refractivity contribution in [3.8, 4) is 0 Å². The van der Waals surface area contributed by atoms with Gasteiger partial charge >= 0.3 is 12.3 Å². The molecule has 198 valence electrons. The van der Waals surface area contributed by atoms with Crippen LogP contribution >= 0.6 is 0 Å². The number of carbonyl (C=O) groups is 2. The molecule has 0 aliphatic heterocycles. The second-order valence-electron chi connectivity index (χ2n) is 6.83. The summed E-state index contributed by atoms with van der Waals surface area (Å²) in [7, 11) is 0. The Bertz CT molecular complexity index is 430. The largest absolute Gasteiger partial charge is 0.508 e. The molecule has 0 aromatic heterocycles. The van der Waals surface area contributed by atoms with E-state index in [1.54, 1.807) is 0 Å². The van der Waals surface area contributed by atoms with Gasteiger partial charge in [-0.05, 0) is 38.5 Å². The molecule has 9 nitrogen and oxygen atoms in total. The molecule has 2 aliphatic rings. The fourth-order valence-electron chi connectivity index (χ4n) is 3.21. The minimum Gasteiger partial charge on any atom is -0.432 e. The van der Waals surface area contributed by atoms with Gasteiger partial charge in [0.2, 0.25) is 0 Å². The van der Waals surface area contributed by atoms with E-state index >= 15 is 0 Å². The van der Waals surface area contributed by atoms with Gasteiger partial charge in [-0.25, -0.2) is 9.59 Å². The van der Waals surface area contributed by atoms with Gasteiger partial charge in [-0.15, -0.1) is 0 Å². The van der Waals surface area contributed by atoms with E-state index in [0.717, 1.165) is 25.7 Å². The van der Waals surface area contributed by atoms with Gasteiger partial charge in [-0.2, -0.15) is 0 Å². The van der Waals surface area contributed by atoms with Gasteiger partial charge in [0.25, 0.3) is 0 Å². The molecular weight excluding hydrogens is 598 g/mol. The average Bonchev–Trinajstić information content (AvgIpc) is 2.79.